The standard InChI is InChI=1S/C24H26N6O/c1-3-5-10-21-20(24(31)26-22(4-2)25-21)15-16-11-13-17(14-12-16)18-8-6-7-9-19(18)23-27-29-30-28-23/h6-9,11-14H,3-5,10,15H2,1-2H3,(H,25,26,31)(H,27,28,29,30). The van der Waals surface area contributed by atoms with Gasteiger partial charge in [-0.1, -0.05) is 68.8 Å². The van der Waals surface area contributed by atoms with Crippen LogP contribution in [0.2, 0.25) is 0 Å². The molecule has 7 heteroatoms. The van der Waals surface area contributed by atoms with Crippen LogP contribution in [0.4, 0.5) is 0 Å². The monoisotopic (exact) mass is 414 g/mol. The zero-order valence-electron chi connectivity index (χ0n) is 17.8. The molecule has 2 aromatic heterocycles. The molecule has 31 heavy (non-hydrogen) atoms. The fourth-order valence-electron chi connectivity index (χ4n) is 3.68. The summed E-state index contributed by atoms with van der Waals surface area (Å²) >= 11 is 0. The van der Waals surface area contributed by atoms with Crippen molar-refractivity contribution >= 4 is 0 Å². The van der Waals surface area contributed by atoms with Crippen LogP contribution in [0.25, 0.3) is 22.5 Å². The summed E-state index contributed by atoms with van der Waals surface area (Å²) in [5, 5.41) is 24.8. The molecular formula is C24H26N6O. The molecule has 158 valence electrons. The van der Waals surface area contributed by atoms with Gasteiger partial charge in [-0.15, -0.1) is 5.10 Å². The van der Waals surface area contributed by atoms with Crippen molar-refractivity contribution in [3.05, 3.63) is 71.2 Å². The molecule has 0 aliphatic rings. The molecule has 2 N–H and O–H groups in total. The molecule has 0 fully saturated rings. The van der Waals surface area contributed by atoms with Gasteiger partial charge < -0.3 is 5.11 Å². The number of aromatic nitrogens is 6. The number of rotatable bonds is 8. The van der Waals surface area contributed by atoms with E-state index in [1.807, 2.05) is 25.1 Å². The topological polar surface area (TPSA) is 100 Å². The van der Waals surface area contributed by atoms with E-state index in [0.29, 0.717) is 24.5 Å². The zero-order valence-corrected chi connectivity index (χ0v) is 17.8. The largest absolute Gasteiger partial charge is 0.493 e. The Bertz CT molecular complexity index is 1140. The van der Waals surface area contributed by atoms with Crippen LogP contribution in [0, 0.1) is 0 Å². The first kappa shape index (κ1) is 20.7. The minimum Gasteiger partial charge on any atom is -0.493 e. The number of nitrogens with one attached hydrogen (secondary N) is 1. The second kappa shape index (κ2) is 9.47. The van der Waals surface area contributed by atoms with E-state index in [-0.39, 0.29) is 5.88 Å². The van der Waals surface area contributed by atoms with E-state index in [0.717, 1.165) is 52.8 Å². The van der Waals surface area contributed by atoms with E-state index in [9.17, 15) is 5.11 Å². The highest BCUT2D eigenvalue weighted by molar-refractivity contribution is 5.80. The fourth-order valence-corrected chi connectivity index (χ4v) is 3.68. The quantitative estimate of drug-likeness (QED) is 0.439. The van der Waals surface area contributed by atoms with Crippen molar-refractivity contribution in [1.29, 1.82) is 0 Å². The lowest BCUT2D eigenvalue weighted by Gasteiger charge is -2.13. The number of hydrogen-bond acceptors (Lipinski definition) is 6. The molecule has 0 radical (unpaired) electrons. The van der Waals surface area contributed by atoms with Crippen molar-refractivity contribution in [2.75, 3.05) is 0 Å². The van der Waals surface area contributed by atoms with Gasteiger partial charge in [0.1, 0.15) is 5.82 Å². The third-order valence-corrected chi connectivity index (χ3v) is 5.37. The smallest absolute Gasteiger partial charge is 0.218 e. The van der Waals surface area contributed by atoms with E-state index in [4.69, 9.17) is 4.98 Å². The molecule has 0 aliphatic carbocycles. The summed E-state index contributed by atoms with van der Waals surface area (Å²) in [6.07, 6.45) is 4.29. The molecule has 0 saturated heterocycles. The van der Waals surface area contributed by atoms with Gasteiger partial charge in [-0.05, 0) is 40.0 Å². The van der Waals surface area contributed by atoms with E-state index in [2.05, 4.69) is 62.9 Å². The van der Waals surface area contributed by atoms with Crippen LogP contribution in [-0.4, -0.2) is 35.7 Å². The van der Waals surface area contributed by atoms with Crippen LogP contribution in [0.5, 0.6) is 5.88 Å². The van der Waals surface area contributed by atoms with Crippen molar-refractivity contribution in [3.63, 3.8) is 0 Å². The summed E-state index contributed by atoms with van der Waals surface area (Å²) in [6.45, 7) is 4.16. The van der Waals surface area contributed by atoms with Crippen molar-refractivity contribution in [2.24, 2.45) is 0 Å². The van der Waals surface area contributed by atoms with Gasteiger partial charge in [-0.2, -0.15) is 4.98 Å². The summed E-state index contributed by atoms with van der Waals surface area (Å²) in [5.41, 5.74) is 5.95. The first-order chi connectivity index (χ1) is 15.2. The van der Waals surface area contributed by atoms with E-state index in [1.165, 1.54) is 0 Å². The van der Waals surface area contributed by atoms with Crippen LogP contribution < -0.4 is 0 Å². The Labute approximate surface area is 181 Å². The minimum atomic E-state index is 0.102. The van der Waals surface area contributed by atoms with Crippen LogP contribution in [0.15, 0.2) is 48.5 Å². The van der Waals surface area contributed by atoms with Gasteiger partial charge in [-0.25, -0.2) is 10.1 Å². The normalized spacial score (nSPS) is 11.0. The van der Waals surface area contributed by atoms with Gasteiger partial charge in [0.15, 0.2) is 5.82 Å². The maximum absolute atomic E-state index is 10.6. The first-order valence-electron chi connectivity index (χ1n) is 10.7. The number of H-pyrrole nitrogens is 1. The average molecular weight is 415 g/mol. The summed E-state index contributed by atoms with van der Waals surface area (Å²) in [6, 6.07) is 16.4. The molecule has 0 unspecified atom stereocenters. The van der Waals surface area contributed by atoms with Gasteiger partial charge in [0.25, 0.3) is 0 Å². The third-order valence-electron chi connectivity index (χ3n) is 5.37. The predicted molar refractivity (Wildman–Crippen MR) is 120 cm³/mol. The van der Waals surface area contributed by atoms with Crippen molar-refractivity contribution < 1.29 is 5.11 Å². The minimum absolute atomic E-state index is 0.102. The van der Waals surface area contributed by atoms with Gasteiger partial charge in [0.05, 0.1) is 5.69 Å². The SMILES string of the molecule is CCCCc1nc(CC)nc(O)c1Cc1ccc(-c2ccccc2-c2nnn[nH]2)cc1. The third kappa shape index (κ3) is 4.60. The Hall–Kier alpha value is -3.61. The fraction of sp³-hybridized carbons (Fsp3) is 0.292. The summed E-state index contributed by atoms with van der Waals surface area (Å²) < 4.78 is 0. The molecule has 4 rings (SSSR count). The molecule has 2 heterocycles. The lowest BCUT2D eigenvalue weighted by atomic mass is 9.96. The number of aromatic amines is 1. The van der Waals surface area contributed by atoms with Gasteiger partial charge >= 0.3 is 0 Å². The number of nitrogens with zero attached hydrogens (tertiary/aromatic N) is 5. The number of benzene rings is 2. The second-order valence-electron chi connectivity index (χ2n) is 7.51. The highest BCUT2D eigenvalue weighted by atomic mass is 16.3. The summed E-state index contributed by atoms with van der Waals surface area (Å²) in [4.78, 5) is 8.98. The van der Waals surface area contributed by atoms with Crippen molar-refractivity contribution in [2.45, 2.75) is 46.0 Å². The highest BCUT2D eigenvalue weighted by Gasteiger charge is 2.15. The Kier molecular flexibility index (Phi) is 6.31. The number of aryl methyl sites for hydroxylation is 2. The molecule has 0 atom stereocenters. The molecule has 0 spiro atoms. The van der Waals surface area contributed by atoms with Crippen LogP contribution in [0.1, 0.15) is 49.3 Å². The van der Waals surface area contributed by atoms with Gasteiger partial charge in [0, 0.05) is 24.0 Å². The van der Waals surface area contributed by atoms with Gasteiger partial charge in [0.2, 0.25) is 5.88 Å². The molecule has 0 aliphatic heterocycles. The van der Waals surface area contributed by atoms with E-state index < -0.39 is 0 Å². The Balaban J connectivity index is 1.62. The summed E-state index contributed by atoms with van der Waals surface area (Å²) in [5.74, 6) is 1.43. The molecule has 4 aromatic rings. The number of tetrazole rings is 1. The predicted octanol–water partition coefficient (Wildman–Crippen LogP) is 4.53. The van der Waals surface area contributed by atoms with E-state index >= 15 is 0 Å². The van der Waals surface area contributed by atoms with Crippen LogP contribution in [0.3, 0.4) is 0 Å². The second-order valence-corrected chi connectivity index (χ2v) is 7.51. The summed E-state index contributed by atoms with van der Waals surface area (Å²) in [7, 11) is 0. The molecule has 7 nitrogen and oxygen atoms in total. The van der Waals surface area contributed by atoms with Crippen LogP contribution >= 0.6 is 0 Å². The van der Waals surface area contributed by atoms with Crippen LogP contribution in [-0.2, 0) is 19.3 Å². The molecule has 0 amide bonds. The van der Waals surface area contributed by atoms with Gasteiger partial charge in [-0.3, -0.25) is 0 Å². The van der Waals surface area contributed by atoms with E-state index in [1.54, 1.807) is 0 Å². The molecule has 2 aromatic carbocycles. The number of hydrogen-bond donors (Lipinski definition) is 2. The Morgan fingerprint density at radius 2 is 1.71 bits per heavy atom. The molecule has 0 saturated carbocycles. The first-order valence-corrected chi connectivity index (χ1v) is 10.7. The Morgan fingerprint density at radius 1 is 0.935 bits per heavy atom. The van der Waals surface area contributed by atoms with Crippen molar-refractivity contribution in [3.8, 4) is 28.4 Å². The number of aromatic hydroxyl groups is 1. The Morgan fingerprint density at radius 3 is 2.39 bits per heavy atom. The lowest BCUT2D eigenvalue weighted by Crippen LogP contribution is -2.06. The maximum Gasteiger partial charge on any atom is 0.218 e. The molecule has 0 bridgehead atoms. The lowest BCUT2D eigenvalue weighted by molar-refractivity contribution is 0.440. The zero-order chi connectivity index (χ0) is 21.6. The molecular weight excluding hydrogens is 388 g/mol. The average Bonchev–Trinajstić information content (AvgIpc) is 3.34. The maximum atomic E-state index is 10.6. The highest BCUT2D eigenvalue weighted by Crippen LogP contribution is 2.30. The van der Waals surface area contributed by atoms with Crippen molar-refractivity contribution in [1.82, 2.24) is 30.6 Å². The number of unbranched alkanes of at least 4 members (excludes halogenated alkanes) is 1.